The summed E-state index contributed by atoms with van der Waals surface area (Å²) in [5.74, 6) is -0.378. The minimum Gasteiger partial charge on any atom is -0.464 e. The van der Waals surface area contributed by atoms with E-state index in [1.165, 1.54) is 7.11 Å². The first kappa shape index (κ1) is 19.7. The zero-order chi connectivity index (χ0) is 19.8. The Morgan fingerprint density at radius 2 is 1.89 bits per heavy atom. The fourth-order valence-corrected chi connectivity index (χ4v) is 3.07. The monoisotopic (exact) mass is 370 g/mol. The smallest absolute Gasteiger partial charge is 0.464 e. The van der Waals surface area contributed by atoms with E-state index in [2.05, 4.69) is 16.4 Å². The van der Waals surface area contributed by atoms with Crippen LogP contribution in [0.1, 0.15) is 43.7 Å². The minimum absolute atomic E-state index is 0.378. The molecule has 0 aliphatic carbocycles. The molecule has 1 aromatic carbocycles. The summed E-state index contributed by atoms with van der Waals surface area (Å²) < 4.78 is 17.2. The van der Waals surface area contributed by atoms with E-state index < -0.39 is 7.12 Å². The van der Waals surface area contributed by atoms with E-state index in [1.54, 1.807) is 6.07 Å². The maximum absolute atomic E-state index is 11.7. The predicted molar refractivity (Wildman–Crippen MR) is 108 cm³/mol. The molecule has 0 saturated carbocycles. The van der Waals surface area contributed by atoms with Crippen molar-refractivity contribution in [3.63, 3.8) is 0 Å². The second-order valence-corrected chi connectivity index (χ2v) is 7.86. The Labute approximate surface area is 160 Å². The Morgan fingerprint density at radius 3 is 2.48 bits per heavy atom. The highest BCUT2D eigenvalue weighted by Gasteiger charge is 2.52. The number of hydrogen-bond donors (Lipinski definition) is 2. The highest BCUT2D eigenvalue weighted by atomic mass is 16.7. The van der Waals surface area contributed by atoms with Crippen molar-refractivity contribution < 1.29 is 18.8 Å². The number of methoxy groups -OCH3 is 1. The van der Waals surface area contributed by atoms with Gasteiger partial charge in [0, 0.05) is 17.4 Å². The molecule has 0 radical (unpaired) electrons. The summed E-state index contributed by atoms with van der Waals surface area (Å²) in [6, 6.07) is 7.78. The van der Waals surface area contributed by atoms with Gasteiger partial charge in [-0.1, -0.05) is 18.2 Å². The topological polar surface area (TPSA) is 72.6 Å². The number of fused-ring (bicyclic) bond motifs is 1. The van der Waals surface area contributed by atoms with Crippen LogP contribution in [0.5, 0.6) is 0 Å². The molecule has 6 nitrogen and oxygen atoms in total. The van der Waals surface area contributed by atoms with Gasteiger partial charge in [-0.3, -0.25) is 0 Å². The van der Waals surface area contributed by atoms with E-state index in [-0.39, 0.29) is 17.2 Å². The van der Waals surface area contributed by atoms with E-state index in [9.17, 15) is 4.79 Å². The van der Waals surface area contributed by atoms with Crippen LogP contribution in [0.15, 0.2) is 29.7 Å². The van der Waals surface area contributed by atoms with Crippen LogP contribution >= 0.6 is 0 Å². The molecule has 0 atom stereocenters. The third-order valence-corrected chi connectivity index (χ3v) is 5.34. The molecule has 7 heteroatoms. The van der Waals surface area contributed by atoms with Gasteiger partial charge in [-0.15, -0.1) is 0 Å². The van der Waals surface area contributed by atoms with Crippen molar-refractivity contribution in [2.24, 2.45) is 0 Å². The summed E-state index contributed by atoms with van der Waals surface area (Å²) in [5, 5.41) is 4.14. The van der Waals surface area contributed by atoms with Crippen molar-refractivity contribution in [2.75, 3.05) is 20.7 Å². The first-order valence-electron chi connectivity index (χ1n) is 9.08. The largest absolute Gasteiger partial charge is 0.491 e. The van der Waals surface area contributed by atoms with Crippen LogP contribution in [-0.4, -0.2) is 50.0 Å². The maximum Gasteiger partial charge on any atom is 0.491 e. The Balaban J connectivity index is 1.93. The summed E-state index contributed by atoms with van der Waals surface area (Å²) in [7, 11) is 2.86. The molecule has 3 rings (SSSR count). The van der Waals surface area contributed by atoms with E-state index in [0.29, 0.717) is 12.2 Å². The van der Waals surface area contributed by atoms with Gasteiger partial charge in [0.05, 0.1) is 18.3 Å². The lowest BCUT2D eigenvalue weighted by molar-refractivity contribution is 0.00578. The molecule has 1 aliphatic rings. The summed E-state index contributed by atoms with van der Waals surface area (Å²) in [4.78, 5) is 14.8. The Hall–Kier alpha value is -2.09. The molecular formula is C20H27BN2O4. The molecule has 0 unspecified atom stereocenters. The predicted octanol–water partition coefficient (Wildman–Crippen LogP) is 3.19. The van der Waals surface area contributed by atoms with Gasteiger partial charge < -0.3 is 24.3 Å². The molecule has 1 fully saturated rings. The van der Waals surface area contributed by atoms with Crippen LogP contribution in [0.25, 0.3) is 17.0 Å². The molecule has 27 heavy (non-hydrogen) atoms. The minimum atomic E-state index is -0.410. The maximum atomic E-state index is 11.7. The number of rotatable bonds is 5. The molecular weight excluding hydrogens is 343 g/mol. The highest BCUT2D eigenvalue weighted by Crippen LogP contribution is 2.38. The number of likely N-dealkylation sites (N-methyl/N-ethyl adjacent to an activating group) is 1. The van der Waals surface area contributed by atoms with Crippen molar-refractivity contribution in [2.45, 2.75) is 38.9 Å². The van der Waals surface area contributed by atoms with Gasteiger partial charge in [0.25, 0.3) is 0 Å². The number of nitrogens with one attached hydrogen (secondary N) is 2. The number of carbonyl (C=O) groups excluding carboxylic acids is 1. The first-order chi connectivity index (χ1) is 12.7. The van der Waals surface area contributed by atoms with E-state index in [4.69, 9.17) is 14.0 Å². The highest BCUT2D eigenvalue weighted by molar-refractivity contribution is 6.55. The summed E-state index contributed by atoms with van der Waals surface area (Å²) in [6.07, 6.45) is 2.07. The molecule has 1 aliphatic heterocycles. The van der Waals surface area contributed by atoms with Gasteiger partial charge in [-0.25, -0.2) is 4.79 Å². The average molecular weight is 370 g/mol. The van der Waals surface area contributed by atoms with Gasteiger partial charge in [-0.05, 0) is 57.9 Å². The Morgan fingerprint density at radius 1 is 1.22 bits per heavy atom. The first-order valence-corrected chi connectivity index (χ1v) is 9.08. The second-order valence-electron chi connectivity index (χ2n) is 7.86. The molecule has 2 N–H and O–H groups in total. The molecule has 0 bridgehead atoms. The molecule has 2 heterocycles. The molecule has 1 aromatic heterocycles. The zero-order valence-electron chi connectivity index (χ0n) is 16.8. The fraction of sp³-hybridized carbons (Fsp3) is 0.450. The van der Waals surface area contributed by atoms with Crippen LogP contribution in [0.2, 0.25) is 0 Å². The SMILES string of the molecule is CNCC(=Cc1ccc2cc(C(=O)OC)[nH]c2c1)B1OC(C)(C)C(C)(C)O1. The van der Waals surface area contributed by atoms with Gasteiger partial charge in [-0.2, -0.15) is 0 Å². The van der Waals surface area contributed by atoms with Crippen molar-refractivity contribution in [1.82, 2.24) is 10.3 Å². The van der Waals surface area contributed by atoms with Crippen molar-refractivity contribution in [3.05, 3.63) is 41.0 Å². The quantitative estimate of drug-likeness (QED) is 0.625. The van der Waals surface area contributed by atoms with Crippen molar-refractivity contribution >= 4 is 30.1 Å². The van der Waals surface area contributed by atoms with Crippen molar-refractivity contribution in [3.8, 4) is 0 Å². The van der Waals surface area contributed by atoms with E-state index in [0.717, 1.165) is 21.9 Å². The number of hydrogen-bond acceptors (Lipinski definition) is 5. The van der Waals surface area contributed by atoms with Gasteiger partial charge in [0.2, 0.25) is 0 Å². The molecule has 1 saturated heterocycles. The van der Waals surface area contributed by atoms with Gasteiger partial charge in [0.1, 0.15) is 5.69 Å². The molecule has 0 amide bonds. The van der Waals surface area contributed by atoms with Gasteiger partial charge in [0.15, 0.2) is 0 Å². The number of ether oxygens (including phenoxy) is 1. The zero-order valence-corrected chi connectivity index (χ0v) is 16.8. The molecule has 2 aromatic rings. The Bertz CT molecular complexity index is 869. The summed E-state index contributed by atoms with van der Waals surface area (Å²) in [5.41, 5.74) is 2.56. The fourth-order valence-electron chi connectivity index (χ4n) is 3.07. The second kappa shape index (κ2) is 7.15. The average Bonchev–Trinajstić information content (AvgIpc) is 3.11. The summed E-state index contributed by atoms with van der Waals surface area (Å²) >= 11 is 0. The number of carbonyl (C=O) groups is 1. The van der Waals surface area contributed by atoms with Crippen LogP contribution < -0.4 is 5.32 Å². The Kier molecular flexibility index (Phi) is 5.21. The van der Waals surface area contributed by atoms with E-state index >= 15 is 0 Å². The van der Waals surface area contributed by atoms with Crippen LogP contribution in [0.4, 0.5) is 0 Å². The number of benzene rings is 1. The number of aromatic nitrogens is 1. The lowest BCUT2D eigenvalue weighted by Gasteiger charge is -2.32. The lowest BCUT2D eigenvalue weighted by atomic mass is 9.77. The van der Waals surface area contributed by atoms with Crippen LogP contribution in [0.3, 0.4) is 0 Å². The standard InChI is InChI=1S/C20H27BN2O4/c1-19(2)20(3,4)27-21(26-19)15(12-22-5)9-13-7-8-14-11-17(18(24)25-6)23-16(14)10-13/h7-11,22-23H,12H2,1-6H3. The third kappa shape index (κ3) is 3.81. The molecule has 0 spiro atoms. The lowest BCUT2D eigenvalue weighted by Crippen LogP contribution is -2.41. The number of esters is 1. The van der Waals surface area contributed by atoms with Crippen LogP contribution in [0, 0.1) is 0 Å². The normalized spacial score (nSPS) is 18.9. The van der Waals surface area contributed by atoms with Gasteiger partial charge >= 0.3 is 13.1 Å². The van der Waals surface area contributed by atoms with E-state index in [1.807, 2.05) is 52.9 Å². The third-order valence-electron chi connectivity index (χ3n) is 5.34. The van der Waals surface area contributed by atoms with Crippen LogP contribution in [-0.2, 0) is 14.0 Å². The van der Waals surface area contributed by atoms with Crippen molar-refractivity contribution in [1.29, 1.82) is 0 Å². The number of aromatic amines is 1. The summed E-state index contributed by atoms with van der Waals surface area (Å²) in [6.45, 7) is 8.83. The molecule has 144 valence electrons. The number of H-pyrrole nitrogens is 1.